The number of anilines is 1. The monoisotopic (exact) mass is 335 g/mol. The Kier molecular flexibility index (Phi) is 4.86. The molecule has 2 rings (SSSR count). The van der Waals surface area contributed by atoms with Crippen molar-refractivity contribution in [3.8, 4) is 11.3 Å². The van der Waals surface area contributed by atoms with Gasteiger partial charge < -0.3 is 10.3 Å². The lowest BCUT2D eigenvalue weighted by atomic mass is 10.1. The molecular formula is C16H22BrN3. The molecule has 108 valence electrons. The molecule has 0 saturated carbocycles. The molecule has 1 heterocycles. The van der Waals surface area contributed by atoms with Crippen molar-refractivity contribution < 1.29 is 0 Å². The summed E-state index contributed by atoms with van der Waals surface area (Å²) < 4.78 is 3.25. The fourth-order valence-corrected chi connectivity index (χ4v) is 2.68. The van der Waals surface area contributed by atoms with Gasteiger partial charge >= 0.3 is 0 Å². The summed E-state index contributed by atoms with van der Waals surface area (Å²) in [6.07, 6.45) is 3.19. The molecule has 2 N–H and O–H groups in total. The average Bonchev–Trinajstić information content (AvgIpc) is 2.76. The van der Waals surface area contributed by atoms with Crippen LogP contribution in [-0.2, 0) is 13.0 Å². The molecule has 0 saturated heterocycles. The predicted molar refractivity (Wildman–Crippen MR) is 88.8 cm³/mol. The van der Waals surface area contributed by atoms with Gasteiger partial charge in [0.25, 0.3) is 0 Å². The van der Waals surface area contributed by atoms with Crippen LogP contribution in [0.25, 0.3) is 11.3 Å². The Hall–Kier alpha value is -1.29. The standard InChI is InChI=1S/C16H22BrN3/c1-4-6-9-20-14(5-2)19-15(16(20)18)12-8-7-11(3)13(17)10-12/h7-8,10H,4-6,9,18H2,1-3H3. The zero-order chi connectivity index (χ0) is 14.7. The molecule has 0 atom stereocenters. The van der Waals surface area contributed by atoms with Crippen molar-refractivity contribution in [2.24, 2.45) is 0 Å². The first kappa shape index (κ1) is 15.1. The number of imidazole rings is 1. The van der Waals surface area contributed by atoms with E-state index in [4.69, 9.17) is 10.7 Å². The number of nitrogen functional groups attached to an aromatic ring is 1. The number of nitrogens with zero attached hydrogens (tertiary/aromatic N) is 2. The van der Waals surface area contributed by atoms with Crippen molar-refractivity contribution in [2.75, 3.05) is 5.73 Å². The van der Waals surface area contributed by atoms with Gasteiger partial charge in [-0.25, -0.2) is 4.98 Å². The summed E-state index contributed by atoms with van der Waals surface area (Å²) >= 11 is 3.58. The minimum atomic E-state index is 0.783. The van der Waals surface area contributed by atoms with Crippen molar-refractivity contribution >= 4 is 21.7 Å². The van der Waals surface area contributed by atoms with E-state index in [9.17, 15) is 0 Å². The Morgan fingerprint density at radius 3 is 2.65 bits per heavy atom. The highest BCUT2D eigenvalue weighted by atomic mass is 79.9. The van der Waals surface area contributed by atoms with Gasteiger partial charge in [-0.05, 0) is 25.0 Å². The molecule has 1 aromatic heterocycles. The third kappa shape index (κ3) is 2.90. The van der Waals surface area contributed by atoms with Crippen LogP contribution in [0.1, 0.15) is 38.1 Å². The Labute approximate surface area is 129 Å². The summed E-state index contributed by atoms with van der Waals surface area (Å²) in [4.78, 5) is 4.74. The molecule has 0 radical (unpaired) electrons. The van der Waals surface area contributed by atoms with E-state index in [0.29, 0.717) is 0 Å². The molecule has 0 unspecified atom stereocenters. The summed E-state index contributed by atoms with van der Waals surface area (Å²) in [7, 11) is 0. The van der Waals surface area contributed by atoms with E-state index >= 15 is 0 Å². The zero-order valence-corrected chi connectivity index (χ0v) is 14.0. The average molecular weight is 336 g/mol. The molecule has 0 aliphatic carbocycles. The van der Waals surface area contributed by atoms with E-state index in [1.165, 1.54) is 5.56 Å². The smallest absolute Gasteiger partial charge is 0.131 e. The fraction of sp³-hybridized carbons (Fsp3) is 0.438. The molecule has 0 aliphatic heterocycles. The van der Waals surface area contributed by atoms with Crippen LogP contribution in [0, 0.1) is 6.92 Å². The molecule has 0 spiro atoms. The van der Waals surface area contributed by atoms with Crippen molar-refractivity contribution in [1.29, 1.82) is 0 Å². The summed E-state index contributed by atoms with van der Waals surface area (Å²) in [6.45, 7) is 7.34. The summed E-state index contributed by atoms with van der Waals surface area (Å²) in [5.74, 6) is 1.86. The molecule has 2 aromatic rings. The molecule has 0 fully saturated rings. The summed E-state index contributed by atoms with van der Waals surface area (Å²) in [5.41, 5.74) is 9.52. The Bertz CT molecular complexity index is 602. The van der Waals surface area contributed by atoms with Crippen LogP contribution in [-0.4, -0.2) is 9.55 Å². The minimum absolute atomic E-state index is 0.783. The number of hydrogen-bond donors (Lipinski definition) is 1. The van der Waals surface area contributed by atoms with E-state index in [-0.39, 0.29) is 0 Å². The number of hydrogen-bond acceptors (Lipinski definition) is 2. The maximum atomic E-state index is 6.33. The normalized spacial score (nSPS) is 11.0. The van der Waals surface area contributed by atoms with Crippen LogP contribution in [0.4, 0.5) is 5.82 Å². The lowest BCUT2D eigenvalue weighted by molar-refractivity contribution is 0.612. The first-order valence-corrected chi connectivity index (χ1v) is 7.99. The van der Waals surface area contributed by atoms with Crippen LogP contribution < -0.4 is 5.73 Å². The van der Waals surface area contributed by atoms with E-state index in [2.05, 4.69) is 59.5 Å². The maximum absolute atomic E-state index is 6.33. The first-order valence-electron chi connectivity index (χ1n) is 7.19. The van der Waals surface area contributed by atoms with E-state index in [1.807, 2.05) is 0 Å². The van der Waals surface area contributed by atoms with Gasteiger partial charge in [0.15, 0.2) is 0 Å². The second kappa shape index (κ2) is 6.44. The van der Waals surface area contributed by atoms with E-state index in [1.54, 1.807) is 0 Å². The molecule has 1 aromatic carbocycles. The number of aryl methyl sites for hydroxylation is 2. The number of aromatic nitrogens is 2. The molecule has 0 aliphatic rings. The van der Waals surface area contributed by atoms with Crippen molar-refractivity contribution in [3.05, 3.63) is 34.1 Å². The van der Waals surface area contributed by atoms with Crippen LogP contribution >= 0.6 is 15.9 Å². The van der Waals surface area contributed by atoms with Gasteiger partial charge in [0, 0.05) is 23.0 Å². The number of unbranched alkanes of at least 4 members (excludes halogenated alkanes) is 1. The van der Waals surface area contributed by atoms with Gasteiger partial charge in [-0.1, -0.05) is 48.3 Å². The molecule has 0 bridgehead atoms. The topological polar surface area (TPSA) is 43.8 Å². The quantitative estimate of drug-likeness (QED) is 0.869. The van der Waals surface area contributed by atoms with Crippen LogP contribution in [0.5, 0.6) is 0 Å². The molecule has 3 nitrogen and oxygen atoms in total. The van der Waals surface area contributed by atoms with Gasteiger partial charge in [-0.2, -0.15) is 0 Å². The molecule has 0 amide bonds. The lowest BCUT2D eigenvalue weighted by Gasteiger charge is -2.08. The Morgan fingerprint density at radius 2 is 2.05 bits per heavy atom. The number of nitrogens with two attached hydrogens (primary N) is 1. The predicted octanol–water partition coefficient (Wildman–Crippen LogP) is 4.57. The van der Waals surface area contributed by atoms with Crippen molar-refractivity contribution in [1.82, 2.24) is 9.55 Å². The molecule has 4 heteroatoms. The number of rotatable bonds is 5. The second-order valence-corrected chi connectivity index (χ2v) is 5.94. The zero-order valence-electron chi connectivity index (χ0n) is 12.4. The number of benzene rings is 1. The molecule has 20 heavy (non-hydrogen) atoms. The van der Waals surface area contributed by atoms with Gasteiger partial charge in [-0.3, -0.25) is 0 Å². The second-order valence-electron chi connectivity index (χ2n) is 5.08. The fourth-order valence-electron chi connectivity index (χ4n) is 2.30. The lowest BCUT2D eigenvalue weighted by Crippen LogP contribution is -2.06. The summed E-state index contributed by atoms with van der Waals surface area (Å²) in [6, 6.07) is 6.27. The maximum Gasteiger partial charge on any atom is 0.131 e. The highest BCUT2D eigenvalue weighted by Gasteiger charge is 2.15. The third-order valence-electron chi connectivity index (χ3n) is 3.58. The minimum Gasteiger partial charge on any atom is -0.383 e. The van der Waals surface area contributed by atoms with Gasteiger partial charge in [-0.15, -0.1) is 0 Å². The highest BCUT2D eigenvalue weighted by molar-refractivity contribution is 9.10. The van der Waals surface area contributed by atoms with Crippen LogP contribution in [0.3, 0.4) is 0 Å². The number of halogens is 1. The van der Waals surface area contributed by atoms with Gasteiger partial charge in [0.1, 0.15) is 17.3 Å². The Balaban J connectivity index is 2.46. The van der Waals surface area contributed by atoms with Crippen LogP contribution in [0.15, 0.2) is 22.7 Å². The SMILES string of the molecule is CCCCn1c(CC)nc(-c2ccc(C)c(Br)c2)c1N. The molecular weight excluding hydrogens is 314 g/mol. The van der Waals surface area contributed by atoms with Crippen molar-refractivity contribution in [2.45, 2.75) is 46.6 Å². The van der Waals surface area contributed by atoms with E-state index < -0.39 is 0 Å². The Morgan fingerprint density at radius 1 is 1.30 bits per heavy atom. The van der Waals surface area contributed by atoms with Crippen LogP contribution in [0.2, 0.25) is 0 Å². The van der Waals surface area contributed by atoms with Crippen molar-refractivity contribution in [3.63, 3.8) is 0 Å². The van der Waals surface area contributed by atoms with Gasteiger partial charge in [0.05, 0.1) is 0 Å². The first-order chi connectivity index (χ1) is 9.58. The van der Waals surface area contributed by atoms with Gasteiger partial charge in [0.2, 0.25) is 0 Å². The highest BCUT2D eigenvalue weighted by Crippen LogP contribution is 2.30. The third-order valence-corrected chi connectivity index (χ3v) is 4.44. The largest absolute Gasteiger partial charge is 0.383 e. The summed E-state index contributed by atoms with van der Waals surface area (Å²) in [5, 5.41) is 0. The van der Waals surface area contributed by atoms with E-state index in [0.717, 1.165) is 53.2 Å².